The topological polar surface area (TPSA) is 53.0 Å². The Labute approximate surface area is 140 Å². The standard InChI is InChI=1S/C16H23BrN2O3/c1-16(2,3)22-15(21)19-9-8-18(10-14(19)11-20)13-6-4-12(17)5-7-13/h4-7,14,20H,8-11H2,1-3H3/t14-/m0/s1. The van der Waals surface area contributed by atoms with E-state index in [0.29, 0.717) is 13.1 Å². The number of hydrogen-bond acceptors (Lipinski definition) is 4. The van der Waals surface area contributed by atoms with Crippen LogP contribution in [-0.4, -0.2) is 54.0 Å². The van der Waals surface area contributed by atoms with Gasteiger partial charge in [0.25, 0.3) is 0 Å². The fourth-order valence-electron chi connectivity index (χ4n) is 2.46. The Bertz CT molecular complexity index is 513. The van der Waals surface area contributed by atoms with E-state index in [4.69, 9.17) is 4.74 Å². The summed E-state index contributed by atoms with van der Waals surface area (Å²) in [5.41, 5.74) is 0.561. The molecule has 2 rings (SSSR count). The highest BCUT2D eigenvalue weighted by molar-refractivity contribution is 9.10. The molecule has 22 heavy (non-hydrogen) atoms. The highest BCUT2D eigenvalue weighted by Crippen LogP contribution is 2.22. The molecule has 1 N–H and O–H groups in total. The first-order valence-corrected chi connectivity index (χ1v) is 8.20. The van der Waals surface area contributed by atoms with Crippen molar-refractivity contribution in [3.63, 3.8) is 0 Å². The monoisotopic (exact) mass is 370 g/mol. The largest absolute Gasteiger partial charge is 0.444 e. The van der Waals surface area contributed by atoms with Crippen molar-refractivity contribution < 1.29 is 14.6 Å². The third kappa shape index (κ3) is 4.36. The lowest BCUT2D eigenvalue weighted by molar-refractivity contribution is 0.00704. The van der Waals surface area contributed by atoms with E-state index in [9.17, 15) is 9.90 Å². The Morgan fingerprint density at radius 3 is 2.50 bits per heavy atom. The van der Waals surface area contributed by atoms with Crippen LogP contribution in [0.5, 0.6) is 0 Å². The van der Waals surface area contributed by atoms with Gasteiger partial charge in [-0.3, -0.25) is 4.90 Å². The highest BCUT2D eigenvalue weighted by Gasteiger charge is 2.33. The van der Waals surface area contributed by atoms with Crippen molar-refractivity contribution in [3.05, 3.63) is 28.7 Å². The molecular weight excluding hydrogens is 348 g/mol. The normalized spacial score (nSPS) is 19.2. The predicted molar refractivity (Wildman–Crippen MR) is 90.2 cm³/mol. The number of hydrogen-bond donors (Lipinski definition) is 1. The summed E-state index contributed by atoms with van der Waals surface area (Å²) in [6, 6.07) is 7.78. The lowest BCUT2D eigenvalue weighted by Gasteiger charge is -2.41. The molecule has 122 valence electrons. The number of halogens is 1. The van der Waals surface area contributed by atoms with Gasteiger partial charge >= 0.3 is 6.09 Å². The molecule has 1 heterocycles. The third-order valence-electron chi connectivity index (χ3n) is 3.51. The van der Waals surface area contributed by atoms with Crippen molar-refractivity contribution in [2.75, 3.05) is 31.1 Å². The fraction of sp³-hybridized carbons (Fsp3) is 0.562. The second kappa shape index (κ2) is 6.87. The van der Waals surface area contributed by atoms with Crippen LogP contribution < -0.4 is 4.90 Å². The minimum Gasteiger partial charge on any atom is -0.444 e. The Morgan fingerprint density at radius 1 is 1.32 bits per heavy atom. The van der Waals surface area contributed by atoms with Crippen LogP contribution in [0.3, 0.4) is 0 Å². The van der Waals surface area contributed by atoms with Gasteiger partial charge in [-0.2, -0.15) is 0 Å². The lowest BCUT2D eigenvalue weighted by atomic mass is 10.1. The Hall–Kier alpha value is -1.27. The van der Waals surface area contributed by atoms with Gasteiger partial charge in [0.15, 0.2) is 0 Å². The van der Waals surface area contributed by atoms with Crippen LogP contribution in [0.25, 0.3) is 0 Å². The van der Waals surface area contributed by atoms with E-state index in [1.807, 2.05) is 45.0 Å². The van der Waals surface area contributed by atoms with Crippen LogP contribution in [0, 0.1) is 0 Å². The number of benzene rings is 1. The number of nitrogens with zero attached hydrogens (tertiary/aromatic N) is 2. The maximum Gasteiger partial charge on any atom is 0.410 e. The molecule has 0 aliphatic carbocycles. The number of piperazine rings is 1. The summed E-state index contributed by atoms with van der Waals surface area (Å²) in [6.07, 6.45) is -0.359. The van der Waals surface area contributed by atoms with Gasteiger partial charge in [0.05, 0.1) is 12.6 Å². The lowest BCUT2D eigenvalue weighted by Crippen LogP contribution is -2.57. The zero-order valence-corrected chi connectivity index (χ0v) is 14.8. The van der Waals surface area contributed by atoms with E-state index >= 15 is 0 Å². The Morgan fingerprint density at radius 2 is 1.95 bits per heavy atom. The van der Waals surface area contributed by atoms with Crippen LogP contribution in [0.15, 0.2) is 28.7 Å². The van der Waals surface area contributed by atoms with Gasteiger partial charge in [-0.05, 0) is 45.0 Å². The molecule has 1 fully saturated rings. The molecule has 1 aromatic carbocycles. The summed E-state index contributed by atoms with van der Waals surface area (Å²) < 4.78 is 6.45. The molecule has 1 atom stereocenters. The van der Waals surface area contributed by atoms with Crippen molar-refractivity contribution in [3.8, 4) is 0 Å². The number of aliphatic hydroxyl groups is 1. The van der Waals surface area contributed by atoms with Crippen molar-refractivity contribution in [1.82, 2.24) is 4.90 Å². The quantitative estimate of drug-likeness (QED) is 0.869. The molecule has 0 spiro atoms. The van der Waals surface area contributed by atoms with E-state index in [1.165, 1.54) is 0 Å². The van der Waals surface area contributed by atoms with Crippen LogP contribution >= 0.6 is 15.9 Å². The second-order valence-corrected chi connectivity index (χ2v) is 7.35. The van der Waals surface area contributed by atoms with Gasteiger partial charge in [-0.1, -0.05) is 15.9 Å². The zero-order chi connectivity index (χ0) is 16.3. The van der Waals surface area contributed by atoms with Gasteiger partial charge < -0.3 is 14.7 Å². The Kier molecular flexibility index (Phi) is 5.34. The molecule has 1 aliphatic heterocycles. The molecular formula is C16H23BrN2O3. The molecule has 0 saturated carbocycles. The summed E-state index contributed by atoms with van der Waals surface area (Å²) in [5.74, 6) is 0. The zero-order valence-electron chi connectivity index (χ0n) is 13.3. The number of amides is 1. The maximum atomic E-state index is 12.2. The highest BCUT2D eigenvalue weighted by atomic mass is 79.9. The molecule has 0 radical (unpaired) electrons. The Balaban J connectivity index is 2.05. The molecule has 1 saturated heterocycles. The van der Waals surface area contributed by atoms with Crippen LogP contribution in [-0.2, 0) is 4.74 Å². The van der Waals surface area contributed by atoms with E-state index in [0.717, 1.165) is 16.7 Å². The van der Waals surface area contributed by atoms with Gasteiger partial charge in [0.2, 0.25) is 0 Å². The smallest absolute Gasteiger partial charge is 0.410 e. The first kappa shape index (κ1) is 17.1. The molecule has 0 aromatic heterocycles. The van der Waals surface area contributed by atoms with Gasteiger partial charge in [-0.25, -0.2) is 4.79 Å². The average molecular weight is 371 g/mol. The summed E-state index contributed by atoms with van der Waals surface area (Å²) in [5, 5.41) is 9.63. The first-order valence-electron chi connectivity index (χ1n) is 7.41. The number of aliphatic hydroxyl groups excluding tert-OH is 1. The third-order valence-corrected chi connectivity index (χ3v) is 4.04. The number of rotatable bonds is 2. The molecule has 0 bridgehead atoms. The molecule has 1 aromatic rings. The van der Waals surface area contributed by atoms with Crippen LogP contribution in [0.4, 0.5) is 10.5 Å². The summed E-state index contributed by atoms with van der Waals surface area (Å²) in [7, 11) is 0. The van der Waals surface area contributed by atoms with Gasteiger partial charge in [0, 0.05) is 29.8 Å². The van der Waals surface area contributed by atoms with Crippen molar-refractivity contribution in [2.45, 2.75) is 32.4 Å². The van der Waals surface area contributed by atoms with E-state index in [1.54, 1.807) is 4.90 Å². The number of ether oxygens (including phenoxy) is 1. The SMILES string of the molecule is CC(C)(C)OC(=O)N1CCN(c2ccc(Br)cc2)C[C@H]1CO. The van der Waals surface area contributed by atoms with E-state index < -0.39 is 5.60 Å². The molecule has 5 nitrogen and oxygen atoms in total. The maximum absolute atomic E-state index is 12.2. The minimum absolute atomic E-state index is 0.0771. The van der Waals surface area contributed by atoms with Crippen molar-refractivity contribution in [2.24, 2.45) is 0 Å². The summed E-state index contributed by atoms with van der Waals surface area (Å²) in [4.78, 5) is 16.0. The van der Waals surface area contributed by atoms with Crippen molar-refractivity contribution >= 4 is 27.7 Å². The molecule has 1 amide bonds. The second-order valence-electron chi connectivity index (χ2n) is 6.43. The van der Waals surface area contributed by atoms with Crippen molar-refractivity contribution in [1.29, 1.82) is 0 Å². The van der Waals surface area contributed by atoms with Crippen LogP contribution in [0.2, 0.25) is 0 Å². The van der Waals surface area contributed by atoms with Gasteiger partial charge in [0.1, 0.15) is 5.60 Å². The minimum atomic E-state index is -0.528. The molecule has 6 heteroatoms. The van der Waals surface area contributed by atoms with E-state index in [2.05, 4.69) is 20.8 Å². The number of anilines is 1. The van der Waals surface area contributed by atoms with Crippen LogP contribution in [0.1, 0.15) is 20.8 Å². The first-order chi connectivity index (χ1) is 10.3. The average Bonchev–Trinajstić information content (AvgIpc) is 2.45. The molecule has 1 aliphatic rings. The molecule has 0 unspecified atom stereocenters. The fourth-order valence-corrected chi connectivity index (χ4v) is 2.72. The predicted octanol–water partition coefficient (Wildman–Crippen LogP) is 2.87. The summed E-state index contributed by atoms with van der Waals surface area (Å²) in [6.45, 7) is 7.31. The number of carbonyl (C=O) groups excluding carboxylic acids is 1. The summed E-state index contributed by atoms with van der Waals surface area (Å²) >= 11 is 3.42. The van der Waals surface area contributed by atoms with E-state index in [-0.39, 0.29) is 18.7 Å². The number of carbonyl (C=O) groups is 1. The van der Waals surface area contributed by atoms with Gasteiger partial charge in [-0.15, -0.1) is 0 Å².